The number of unbranched alkanes of at least 4 members (excludes halogenated alkanes) is 1. The molecule has 128 valence electrons. The van der Waals surface area contributed by atoms with Crippen molar-refractivity contribution in [1.29, 1.82) is 0 Å². The minimum atomic E-state index is -0.794. The van der Waals surface area contributed by atoms with Crippen LogP contribution in [0.5, 0.6) is 0 Å². The van der Waals surface area contributed by atoms with Crippen molar-refractivity contribution in [2.75, 3.05) is 13.7 Å². The molecular weight excluding hydrogens is 288 g/mol. The Kier molecular flexibility index (Phi) is 8.70. The van der Waals surface area contributed by atoms with Gasteiger partial charge in [-0.25, -0.2) is 9.86 Å². The number of nitrogens with zero attached hydrogens (tertiary/aromatic N) is 1. The first-order valence-corrected chi connectivity index (χ1v) is 7.46. The van der Waals surface area contributed by atoms with E-state index in [4.69, 9.17) is 4.74 Å². The van der Waals surface area contributed by atoms with Crippen LogP contribution in [0, 0.1) is 11.3 Å². The Morgan fingerprint density at radius 2 is 1.95 bits per heavy atom. The highest BCUT2D eigenvalue weighted by Gasteiger charge is 2.35. The van der Waals surface area contributed by atoms with E-state index < -0.39 is 23.3 Å². The molecule has 0 aliphatic heterocycles. The van der Waals surface area contributed by atoms with Crippen molar-refractivity contribution in [2.24, 2.45) is 11.3 Å². The quantitative estimate of drug-likeness (QED) is 0.290. The zero-order valence-electron chi connectivity index (χ0n) is 14.1. The van der Waals surface area contributed by atoms with Crippen molar-refractivity contribution in [2.45, 2.75) is 53.0 Å². The van der Waals surface area contributed by atoms with Crippen molar-refractivity contribution in [3.8, 4) is 0 Å². The van der Waals surface area contributed by atoms with E-state index in [-0.39, 0.29) is 18.9 Å². The first kappa shape index (κ1) is 20.4. The SMILES string of the molecule is CCCC[C@H](CN(O)C=O)C(=O)N[C@H](C(=O)OC)C(C)(C)C. The fourth-order valence-corrected chi connectivity index (χ4v) is 2.03. The number of methoxy groups -OCH3 is 1. The van der Waals surface area contributed by atoms with Crippen molar-refractivity contribution < 1.29 is 24.3 Å². The van der Waals surface area contributed by atoms with E-state index in [1.165, 1.54) is 7.11 Å². The number of ether oxygens (including phenoxy) is 1. The second-order valence-electron chi connectivity index (χ2n) is 6.40. The van der Waals surface area contributed by atoms with E-state index >= 15 is 0 Å². The molecule has 0 aliphatic rings. The summed E-state index contributed by atoms with van der Waals surface area (Å²) >= 11 is 0. The van der Waals surface area contributed by atoms with Gasteiger partial charge in [0.15, 0.2) is 0 Å². The van der Waals surface area contributed by atoms with Gasteiger partial charge in [-0.1, -0.05) is 40.5 Å². The lowest BCUT2D eigenvalue weighted by Crippen LogP contribution is -2.52. The zero-order valence-corrected chi connectivity index (χ0v) is 14.1. The molecular formula is C15H28N2O5. The molecule has 0 bridgehead atoms. The minimum Gasteiger partial charge on any atom is -0.467 e. The van der Waals surface area contributed by atoms with Crippen LogP contribution in [0.15, 0.2) is 0 Å². The molecule has 0 unspecified atom stereocenters. The van der Waals surface area contributed by atoms with Gasteiger partial charge in [0.05, 0.1) is 19.6 Å². The predicted octanol–water partition coefficient (Wildman–Crippen LogP) is 1.34. The van der Waals surface area contributed by atoms with Crippen LogP contribution in [0.25, 0.3) is 0 Å². The first-order valence-electron chi connectivity index (χ1n) is 7.46. The topological polar surface area (TPSA) is 95.9 Å². The summed E-state index contributed by atoms with van der Waals surface area (Å²) in [6, 6.07) is -0.794. The Balaban J connectivity index is 5.02. The van der Waals surface area contributed by atoms with E-state index in [0.717, 1.165) is 12.8 Å². The maximum Gasteiger partial charge on any atom is 0.328 e. The summed E-state index contributed by atoms with van der Waals surface area (Å²) in [5.41, 5.74) is -0.512. The molecule has 0 spiro atoms. The third-order valence-electron chi connectivity index (χ3n) is 3.40. The second-order valence-corrected chi connectivity index (χ2v) is 6.40. The van der Waals surface area contributed by atoms with Gasteiger partial charge in [-0.2, -0.15) is 0 Å². The van der Waals surface area contributed by atoms with Gasteiger partial charge in [0.2, 0.25) is 12.3 Å². The first-order chi connectivity index (χ1) is 10.2. The van der Waals surface area contributed by atoms with Crippen LogP contribution in [0.2, 0.25) is 0 Å². The Hall–Kier alpha value is -1.63. The molecule has 0 fully saturated rings. The van der Waals surface area contributed by atoms with E-state index in [2.05, 4.69) is 5.32 Å². The Bertz CT molecular complexity index is 379. The van der Waals surface area contributed by atoms with Crippen LogP contribution >= 0.6 is 0 Å². The third kappa shape index (κ3) is 6.89. The Morgan fingerprint density at radius 3 is 2.36 bits per heavy atom. The standard InChI is InChI=1S/C15H28N2O5/c1-6-7-8-11(9-17(21)10-18)13(19)16-12(14(20)22-5)15(2,3)4/h10-12,21H,6-9H2,1-5H3,(H,16,19)/t11-,12-/m1/s1. The number of esters is 1. The molecule has 7 heteroatoms. The number of hydrogen-bond acceptors (Lipinski definition) is 5. The average Bonchev–Trinajstić information content (AvgIpc) is 2.46. The summed E-state index contributed by atoms with van der Waals surface area (Å²) in [7, 11) is 1.27. The Morgan fingerprint density at radius 1 is 1.36 bits per heavy atom. The molecule has 7 nitrogen and oxygen atoms in total. The summed E-state index contributed by atoms with van der Waals surface area (Å²) < 4.78 is 4.73. The van der Waals surface area contributed by atoms with Gasteiger partial charge in [0.25, 0.3) is 0 Å². The zero-order chi connectivity index (χ0) is 17.3. The monoisotopic (exact) mass is 316 g/mol. The van der Waals surface area contributed by atoms with Gasteiger partial charge in [0.1, 0.15) is 6.04 Å². The van der Waals surface area contributed by atoms with Gasteiger partial charge < -0.3 is 10.1 Å². The number of amides is 2. The summed E-state index contributed by atoms with van der Waals surface area (Å²) in [6.07, 6.45) is 2.44. The molecule has 2 N–H and O–H groups in total. The molecule has 0 aromatic carbocycles. The van der Waals surface area contributed by atoms with E-state index in [0.29, 0.717) is 11.5 Å². The van der Waals surface area contributed by atoms with Crippen LogP contribution in [-0.2, 0) is 19.1 Å². The van der Waals surface area contributed by atoms with E-state index in [1.807, 2.05) is 27.7 Å². The molecule has 2 amide bonds. The van der Waals surface area contributed by atoms with E-state index in [9.17, 15) is 19.6 Å². The molecule has 0 aliphatic carbocycles. The number of nitrogens with one attached hydrogen (secondary N) is 1. The maximum absolute atomic E-state index is 12.4. The van der Waals surface area contributed by atoms with Gasteiger partial charge in [-0.15, -0.1) is 0 Å². The minimum absolute atomic E-state index is 0.104. The summed E-state index contributed by atoms with van der Waals surface area (Å²) in [5.74, 6) is -1.48. The van der Waals surface area contributed by atoms with Crippen molar-refractivity contribution >= 4 is 18.3 Å². The van der Waals surface area contributed by atoms with Crippen LogP contribution in [0.4, 0.5) is 0 Å². The lowest BCUT2D eigenvalue weighted by molar-refractivity contribution is -0.156. The smallest absolute Gasteiger partial charge is 0.328 e. The highest BCUT2D eigenvalue weighted by Crippen LogP contribution is 2.21. The molecule has 0 radical (unpaired) electrons. The summed E-state index contributed by atoms with van der Waals surface area (Å²) in [5, 5.41) is 12.4. The summed E-state index contributed by atoms with van der Waals surface area (Å²) in [4.78, 5) is 34.8. The van der Waals surface area contributed by atoms with Crippen molar-refractivity contribution in [3.63, 3.8) is 0 Å². The molecule has 0 aromatic heterocycles. The molecule has 0 rings (SSSR count). The third-order valence-corrected chi connectivity index (χ3v) is 3.40. The second kappa shape index (κ2) is 9.40. The number of carbonyl (C=O) groups is 3. The number of hydroxylamine groups is 2. The van der Waals surface area contributed by atoms with Gasteiger partial charge in [0, 0.05) is 0 Å². The van der Waals surface area contributed by atoms with Crippen molar-refractivity contribution in [3.05, 3.63) is 0 Å². The highest BCUT2D eigenvalue weighted by molar-refractivity contribution is 5.86. The van der Waals surface area contributed by atoms with Crippen LogP contribution in [0.3, 0.4) is 0 Å². The molecule has 0 saturated heterocycles. The van der Waals surface area contributed by atoms with Gasteiger partial charge in [-0.3, -0.25) is 14.8 Å². The average molecular weight is 316 g/mol. The normalized spacial score (nSPS) is 13.9. The molecule has 2 atom stereocenters. The number of carbonyl (C=O) groups excluding carboxylic acids is 3. The van der Waals surface area contributed by atoms with Gasteiger partial charge in [-0.05, 0) is 11.8 Å². The maximum atomic E-state index is 12.4. The molecule has 0 heterocycles. The van der Waals surface area contributed by atoms with Crippen LogP contribution in [0.1, 0.15) is 47.0 Å². The molecule has 0 saturated carbocycles. The summed E-state index contributed by atoms with van der Waals surface area (Å²) in [6.45, 7) is 7.34. The molecule has 0 aromatic rings. The Labute approximate surface area is 132 Å². The fourth-order valence-electron chi connectivity index (χ4n) is 2.03. The largest absolute Gasteiger partial charge is 0.467 e. The molecule has 22 heavy (non-hydrogen) atoms. The van der Waals surface area contributed by atoms with Crippen LogP contribution < -0.4 is 5.32 Å². The van der Waals surface area contributed by atoms with Crippen molar-refractivity contribution in [1.82, 2.24) is 10.4 Å². The lowest BCUT2D eigenvalue weighted by Gasteiger charge is -2.30. The predicted molar refractivity (Wildman–Crippen MR) is 81.0 cm³/mol. The lowest BCUT2D eigenvalue weighted by atomic mass is 9.86. The van der Waals surface area contributed by atoms with Crippen LogP contribution in [-0.4, -0.2) is 48.3 Å². The number of rotatable bonds is 9. The number of hydrogen-bond donors (Lipinski definition) is 2. The fraction of sp³-hybridized carbons (Fsp3) is 0.800. The van der Waals surface area contributed by atoms with E-state index in [1.54, 1.807) is 0 Å². The van der Waals surface area contributed by atoms with Gasteiger partial charge >= 0.3 is 5.97 Å². The highest BCUT2D eigenvalue weighted by atomic mass is 16.5.